The minimum absolute atomic E-state index is 0.141. The maximum Gasteiger partial charge on any atom is 0.307 e. The van der Waals surface area contributed by atoms with Crippen molar-refractivity contribution in [2.24, 2.45) is 5.92 Å². The summed E-state index contributed by atoms with van der Waals surface area (Å²) in [5, 5.41) is 19.5. The molecule has 1 N–H and O–H groups in total. The molecule has 1 unspecified atom stereocenters. The van der Waals surface area contributed by atoms with Crippen LogP contribution >= 0.6 is 0 Å². The lowest BCUT2D eigenvalue weighted by atomic mass is 10.1. The first kappa shape index (κ1) is 16.0. The second-order valence-corrected chi connectivity index (χ2v) is 4.57. The molecule has 20 heavy (non-hydrogen) atoms. The Balaban J connectivity index is 2.88. The van der Waals surface area contributed by atoms with E-state index in [-0.39, 0.29) is 18.7 Å². The highest BCUT2D eigenvalue weighted by molar-refractivity contribution is 5.69. The number of nitrogens with zero attached hydrogens (tertiary/aromatic N) is 2. The summed E-state index contributed by atoms with van der Waals surface area (Å²) in [5.74, 6) is -2.38. The SMILES string of the molecule is CCN(Cc1cccc([N+](=O)[O-])c1F)CC(C)C(=O)O. The number of benzene rings is 1. The minimum Gasteiger partial charge on any atom is -0.481 e. The van der Waals surface area contributed by atoms with E-state index in [0.717, 1.165) is 6.07 Å². The van der Waals surface area contributed by atoms with E-state index in [9.17, 15) is 19.3 Å². The predicted molar refractivity (Wildman–Crippen MR) is 70.8 cm³/mol. The van der Waals surface area contributed by atoms with Gasteiger partial charge >= 0.3 is 11.7 Å². The van der Waals surface area contributed by atoms with Gasteiger partial charge in [0.15, 0.2) is 0 Å². The zero-order chi connectivity index (χ0) is 15.3. The largest absolute Gasteiger partial charge is 0.481 e. The zero-order valence-electron chi connectivity index (χ0n) is 11.4. The Morgan fingerprint density at radius 2 is 2.20 bits per heavy atom. The molecular formula is C13H17FN2O4. The fourth-order valence-electron chi connectivity index (χ4n) is 1.84. The van der Waals surface area contributed by atoms with Crippen molar-refractivity contribution in [2.45, 2.75) is 20.4 Å². The number of carbonyl (C=O) groups is 1. The van der Waals surface area contributed by atoms with Crippen LogP contribution in [0.2, 0.25) is 0 Å². The molecule has 1 atom stereocenters. The predicted octanol–water partition coefficient (Wildman–Crippen LogP) is 2.28. The molecule has 0 bridgehead atoms. The summed E-state index contributed by atoms with van der Waals surface area (Å²) >= 11 is 0. The molecule has 1 aromatic carbocycles. The Morgan fingerprint density at radius 3 is 2.70 bits per heavy atom. The van der Waals surface area contributed by atoms with Gasteiger partial charge in [-0.2, -0.15) is 4.39 Å². The number of nitro groups is 1. The van der Waals surface area contributed by atoms with Crippen molar-refractivity contribution in [3.63, 3.8) is 0 Å². The second kappa shape index (κ2) is 6.95. The standard InChI is InChI=1S/C13H17FN2O4/c1-3-15(7-9(2)13(17)18)8-10-5-4-6-11(12(10)14)16(19)20/h4-6,9H,3,7-8H2,1-2H3,(H,17,18). The fraction of sp³-hybridized carbons (Fsp3) is 0.462. The van der Waals surface area contributed by atoms with Crippen molar-refractivity contribution in [3.05, 3.63) is 39.7 Å². The number of hydrogen-bond donors (Lipinski definition) is 1. The van der Waals surface area contributed by atoms with E-state index in [4.69, 9.17) is 5.11 Å². The topological polar surface area (TPSA) is 83.7 Å². The molecule has 1 rings (SSSR count). The Kier molecular flexibility index (Phi) is 5.57. The van der Waals surface area contributed by atoms with Gasteiger partial charge in [-0.05, 0) is 6.54 Å². The number of rotatable bonds is 7. The molecule has 0 aliphatic carbocycles. The number of carboxylic acids is 1. The number of nitro benzene ring substituents is 1. The molecule has 0 heterocycles. The Labute approximate surface area is 116 Å². The highest BCUT2D eigenvalue weighted by Crippen LogP contribution is 2.21. The Bertz CT molecular complexity index is 507. The van der Waals surface area contributed by atoms with Crippen molar-refractivity contribution in [3.8, 4) is 0 Å². The van der Waals surface area contributed by atoms with Gasteiger partial charge in [0.25, 0.3) is 0 Å². The molecule has 7 heteroatoms. The Morgan fingerprint density at radius 1 is 1.55 bits per heavy atom. The van der Waals surface area contributed by atoms with E-state index >= 15 is 0 Å². The summed E-state index contributed by atoms with van der Waals surface area (Å²) in [6, 6.07) is 4.00. The van der Waals surface area contributed by atoms with Crippen LogP contribution in [0.1, 0.15) is 19.4 Å². The van der Waals surface area contributed by atoms with Crippen LogP contribution in [0.25, 0.3) is 0 Å². The van der Waals surface area contributed by atoms with Crippen molar-refractivity contribution in [2.75, 3.05) is 13.1 Å². The van der Waals surface area contributed by atoms with E-state index in [1.165, 1.54) is 12.1 Å². The number of aliphatic carboxylic acids is 1. The van der Waals surface area contributed by atoms with Crippen LogP contribution in [0.4, 0.5) is 10.1 Å². The Hall–Kier alpha value is -2.02. The van der Waals surface area contributed by atoms with Gasteiger partial charge < -0.3 is 5.11 Å². The van der Waals surface area contributed by atoms with Gasteiger partial charge in [0, 0.05) is 24.7 Å². The summed E-state index contributed by atoms with van der Waals surface area (Å²) in [6.07, 6.45) is 0. The smallest absolute Gasteiger partial charge is 0.307 e. The number of hydrogen-bond acceptors (Lipinski definition) is 4. The van der Waals surface area contributed by atoms with Crippen LogP contribution in [-0.4, -0.2) is 34.0 Å². The van der Waals surface area contributed by atoms with E-state index in [0.29, 0.717) is 6.54 Å². The quantitative estimate of drug-likeness (QED) is 0.613. The molecule has 0 saturated carbocycles. The van der Waals surface area contributed by atoms with Gasteiger partial charge in [0.05, 0.1) is 10.8 Å². The lowest BCUT2D eigenvalue weighted by Gasteiger charge is -2.22. The first-order chi connectivity index (χ1) is 9.36. The average molecular weight is 284 g/mol. The van der Waals surface area contributed by atoms with Gasteiger partial charge in [-0.3, -0.25) is 19.8 Å². The first-order valence-electron chi connectivity index (χ1n) is 6.23. The summed E-state index contributed by atoms with van der Waals surface area (Å²) in [6.45, 7) is 4.31. The summed E-state index contributed by atoms with van der Waals surface area (Å²) in [5.41, 5.74) is -0.372. The average Bonchev–Trinajstić information content (AvgIpc) is 2.39. The van der Waals surface area contributed by atoms with Gasteiger partial charge in [-0.15, -0.1) is 0 Å². The molecule has 0 amide bonds. The van der Waals surface area contributed by atoms with Crippen molar-refractivity contribution in [1.82, 2.24) is 4.90 Å². The summed E-state index contributed by atoms with van der Waals surface area (Å²) in [7, 11) is 0. The van der Waals surface area contributed by atoms with Gasteiger partial charge in [-0.25, -0.2) is 0 Å². The maximum absolute atomic E-state index is 13.9. The molecular weight excluding hydrogens is 267 g/mol. The van der Waals surface area contributed by atoms with Crippen LogP contribution in [0.15, 0.2) is 18.2 Å². The minimum atomic E-state index is -0.928. The zero-order valence-corrected chi connectivity index (χ0v) is 11.4. The fourth-order valence-corrected chi connectivity index (χ4v) is 1.84. The number of halogens is 1. The van der Waals surface area contributed by atoms with Crippen LogP contribution < -0.4 is 0 Å². The molecule has 0 fully saturated rings. The maximum atomic E-state index is 13.9. The van der Waals surface area contributed by atoms with Crippen molar-refractivity contribution in [1.29, 1.82) is 0 Å². The normalized spacial score (nSPS) is 12.4. The molecule has 0 spiro atoms. The van der Waals surface area contributed by atoms with Gasteiger partial charge in [0.1, 0.15) is 0 Å². The third-order valence-electron chi connectivity index (χ3n) is 3.05. The molecule has 0 radical (unpaired) electrons. The summed E-state index contributed by atoms with van der Waals surface area (Å²) in [4.78, 5) is 22.5. The van der Waals surface area contributed by atoms with Crippen molar-refractivity contribution >= 4 is 11.7 Å². The van der Waals surface area contributed by atoms with Crippen LogP contribution in [-0.2, 0) is 11.3 Å². The van der Waals surface area contributed by atoms with Crippen LogP contribution in [0, 0.1) is 21.8 Å². The highest BCUT2D eigenvalue weighted by Gasteiger charge is 2.20. The number of carboxylic acid groups (broad SMARTS) is 1. The van der Waals surface area contributed by atoms with E-state index in [2.05, 4.69) is 0 Å². The highest BCUT2D eigenvalue weighted by atomic mass is 19.1. The third kappa shape index (κ3) is 3.99. The van der Waals surface area contributed by atoms with Crippen LogP contribution in [0.3, 0.4) is 0 Å². The third-order valence-corrected chi connectivity index (χ3v) is 3.05. The van der Waals surface area contributed by atoms with E-state index in [1.54, 1.807) is 11.8 Å². The molecule has 0 aliphatic rings. The molecule has 110 valence electrons. The lowest BCUT2D eigenvalue weighted by Crippen LogP contribution is -2.31. The molecule has 0 saturated heterocycles. The molecule has 1 aromatic rings. The lowest BCUT2D eigenvalue weighted by molar-refractivity contribution is -0.387. The van der Waals surface area contributed by atoms with Gasteiger partial charge in [0.2, 0.25) is 5.82 Å². The summed E-state index contributed by atoms with van der Waals surface area (Å²) < 4.78 is 13.9. The monoisotopic (exact) mass is 284 g/mol. The van der Waals surface area contributed by atoms with Crippen molar-refractivity contribution < 1.29 is 19.2 Å². The van der Waals surface area contributed by atoms with Crippen LogP contribution in [0.5, 0.6) is 0 Å². The van der Waals surface area contributed by atoms with E-state index in [1.807, 2.05) is 6.92 Å². The molecule has 6 nitrogen and oxygen atoms in total. The van der Waals surface area contributed by atoms with Gasteiger partial charge in [-0.1, -0.05) is 26.0 Å². The van der Waals surface area contributed by atoms with E-state index < -0.39 is 28.3 Å². The molecule has 0 aliphatic heterocycles. The first-order valence-corrected chi connectivity index (χ1v) is 6.23. The molecule has 0 aromatic heterocycles. The second-order valence-electron chi connectivity index (χ2n) is 4.57.